The summed E-state index contributed by atoms with van der Waals surface area (Å²) >= 11 is 0. The zero-order valence-corrected chi connectivity index (χ0v) is 19.9. The Labute approximate surface area is 196 Å². The van der Waals surface area contributed by atoms with Crippen LogP contribution in [0.25, 0.3) is 5.57 Å². The Kier molecular flexibility index (Phi) is 7.93. The Morgan fingerprint density at radius 3 is 2.18 bits per heavy atom. The molecule has 1 aliphatic rings. The van der Waals surface area contributed by atoms with E-state index in [4.69, 9.17) is 4.74 Å². The number of benzene rings is 2. The molecule has 1 N–H and O–H groups in total. The van der Waals surface area contributed by atoms with Crippen LogP contribution >= 0.6 is 0 Å². The van der Waals surface area contributed by atoms with E-state index in [0.29, 0.717) is 23.7 Å². The number of nitrogens with one attached hydrogen (secondary N) is 1. The van der Waals surface area contributed by atoms with Gasteiger partial charge in [0.2, 0.25) is 0 Å². The number of anilines is 2. The maximum Gasteiger partial charge on any atom is 0.278 e. The maximum atomic E-state index is 13.1. The molecule has 174 valence electrons. The van der Waals surface area contributed by atoms with E-state index in [2.05, 4.69) is 44.5 Å². The van der Waals surface area contributed by atoms with E-state index in [1.165, 1.54) is 4.90 Å². The van der Waals surface area contributed by atoms with Crippen LogP contribution in [0.2, 0.25) is 0 Å². The molecule has 0 saturated carbocycles. The van der Waals surface area contributed by atoms with Gasteiger partial charge in [-0.2, -0.15) is 0 Å². The lowest BCUT2D eigenvalue weighted by molar-refractivity contribution is -0.136. The summed E-state index contributed by atoms with van der Waals surface area (Å²) in [5, 5.41) is 3.20. The van der Waals surface area contributed by atoms with Gasteiger partial charge in [-0.1, -0.05) is 32.1 Å². The number of rotatable bonds is 11. The van der Waals surface area contributed by atoms with Crippen molar-refractivity contribution in [3.63, 3.8) is 0 Å². The first kappa shape index (κ1) is 24.1. The van der Waals surface area contributed by atoms with Gasteiger partial charge in [-0.25, -0.2) is 0 Å². The molecule has 2 amide bonds. The topological polar surface area (TPSA) is 61.9 Å². The van der Waals surface area contributed by atoms with Crippen molar-refractivity contribution in [2.75, 3.05) is 36.5 Å². The van der Waals surface area contributed by atoms with Crippen molar-refractivity contribution in [2.45, 2.75) is 27.7 Å². The zero-order chi connectivity index (χ0) is 24.0. The van der Waals surface area contributed by atoms with Gasteiger partial charge in [0, 0.05) is 31.0 Å². The number of ether oxygens (including phenoxy) is 1. The first-order valence-corrected chi connectivity index (χ1v) is 11.5. The van der Waals surface area contributed by atoms with Crippen molar-refractivity contribution >= 4 is 28.8 Å². The van der Waals surface area contributed by atoms with Crippen molar-refractivity contribution in [2.24, 2.45) is 5.92 Å². The summed E-state index contributed by atoms with van der Waals surface area (Å²) in [6.07, 6.45) is 1.55. The molecule has 2 aromatic carbocycles. The van der Waals surface area contributed by atoms with Crippen molar-refractivity contribution in [3.05, 3.63) is 72.4 Å². The van der Waals surface area contributed by atoms with E-state index < -0.39 is 0 Å². The smallest absolute Gasteiger partial charge is 0.278 e. The van der Waals surface area contributed by atoms with Crippen LogP contribution in [-0.4, -0.2) is 43.0 Å². The molecule has 6 heteroatoms. The number of hydrogen-bond donors (Lipinski definition) is 1. The van der Waals surface area contributed by atoms with Crippen molar-refractivity contribution in [1.82, 2.24) is 4.90 Å². The summed E-state index contributed by atoms with van der Waals surface area (Å²) in [4.78, 5) is 29.7. The van der Waals surface area contributed by atoms with Gasteiger partial charge in [-0.15, -0.1) is 6.58 Å². The molecule has 0 aliphatic carbocycles. The molecule has 0 fully saturated rings. The molecule has 0 spiro atoms. The minimum absolute atomic E-state index is 0.156. The summed E-state index contributed by atoms with van der Waals surface area (Å²) in [7, 11) is 0. The zero-order valence-electron chi connectivity index (χ0n) is 19.9. The number of imide groups is 1. The molecule has 3 rings (SSSR count). The van der Waals surface area contributed by atoms with E-state index in [-0.39, 0.29) is 24.1 Å². The number of hydrogen-bond acceptors (Lipinski definition) is 5. The third-order valence-electron chi connectivity index (χ3n) is 5.47. The van der Waals surface area contributed by atoms with Crippen LogP contribution in [0, 0.1) is 5.92 Å². The second kappa shape index (κ2) is 10.9. The number of carbonyl (C=O) groups is 2. The first-order chi connectivity index (χ1) is 15.9. The summed E-state index contributed by atoms with van der Waals surface area (Å²) in [5.41, 5.74) is 3.15. The second-order valence-electron chi connectivity index (χ2n) is 8.33. The Balaban J connectivity index is 1.92. The molecule has 0 atom stereocenters. The minimum atomic E-state index is -0.358. The van der Waals surface area contributed by atoms with Gasteiger partial charge in [0.15, 0.2) is 0 Å². The van der Waals surface area contributed by atoms with Crippen LogP contribution in [0.15, 0.2) is 66.9 Å². The van der Waals surface area contributed by atoms with Gasteiger partial charge in [0.05, 0.1) is 12.2 Å². The standard InChI is InChI=1S/C27H33N3O3/c1-6-17-30-26(31)24(20-9-15-23(16-10-20)33-18-19(4)5)25(27(30)32)28-21-11-13-22(14-12-21)29(7-2)8-3/h6,9-16,19,28H,1,7-8,17-18H2,2-5H3. The van der Waals surface area contributed by atoms with E-state index in [0.717, 1.165) is 30.2 Å². The van der Waals surface area contributed by atoms with Gasteiger partial charge in [0.25, 0.3) is 11.8 Å². The van der Waals surface area contributed by atoms with Gasteiger partial charge >= 0.3 is 0 Å². The lowest BCUT2D eigenvalue weighted by atomic mass is 10.0. The molecule has 33 heavy (non-hydrogen) atoms. The highest BCUT2D eigenvalue weighted by Gasteiger charge is 2.38. The molecule has 6 nitrogen and oxygen atoms in total. The SMILES string of the molecule is C=CCN1C(=O)C(Nc2ccc(N(CC)CC)cc2)=C(c2ccc(OCC(C)C)cc2)C1=O. The highest BCUT2D eigenvalue weighted by molar-refractivity contribution is 6.36. The third kappa shape index (κ3) is 5.45. The summed E-state index contributed by atoms with van der Waals surface area (Å²) in [6, 6.07) is 15.2. The van der Waals surface area contributed by atoms with Crippen molar-refractivity contribution in [3.8, 4) is 5.75 Å². The average Bonchev–Trinajstić information content (AvgIpc) is 3.04. The predicted molar refractivity (Wildman–Crippen MR) is 134 cm³/mol. The van der Waals surface area contributed by atoms with Crippen molar-refractivity contribution in [1.29, 1.82) is 0 Å². The predicted octanol–water partition coefficient (Wildman–Crippen LogP) is 4.95. The minimum Gasteiger partial charge on any atom is -0.493 e. The van der Waals surface area contributed by atoms with Crippen LogP contribution in [0.4, 0.5) is 11.4 Å². The quantitative estimate of drug-likeness (QED) is 0.390. The summed E-state index contributed by atoms with van der Waals surface area (Å²) in [5.74, 6) is 0.452. The Morgan fingerprint density at radius 2 is 1.64 bits per heavy atom. The van der Waals surface area contributed by atoms with E-state index in [1.54, 1.807) is 6.08 Å². The largest absolute Gasteiger partial charge is 0.493 e. The van der Waals surface area contributed by atoms with Crippen LogP contribution in [0.1, 0.15) is 33.3 Å². The lowest BCUT2D eigenvalue weighted by Crippen LogP contribution is -2.32. The molecule has 0 radical (unpaired) electrons. The summed E-state index contributed by atoms with van der Waals surface area (Å²) in [6.45, 7) is 14.7. The molecule has 1 aliphatic heterocycles. The molecule has 0 saturated heterocycles. The highest BCUT2D eigenvalue weighted by atomic mass is 16.5. The van der Waals surface area contributed by atoms with Gasteiger partial charge < -0.3 is 15.0 Å². The fraction of sp³-hybridized carbons (Fsp3) is 0.333. The molecule has 0 aromatic heterocycles. The average molecular weight is 448 g/mol. The third-order valence-corrected chi connectivity index (χ3v) is 5.47. The van der Waals surface area contributed by atoms with Crippen LogP contribution in [0.5, 0.6) is 5.75 Å². The van der Waals surface area contributed by atoms with Crippen LogP contribution in [0.3, 0.4) is 0 Å². The molecular weight excluding hydrogens is 414 g/mol. The van der Waals surface area contributed by atoms with Crippen LogP contribution < -0.4 is 15.0 Å². The van der Waals surface area contributed by atoms with Gasteiger partial charge in [-0.3, -0.25) is 14.5 Å². The summed E-state index contributed by atoms with van der Waals surface area (Å²) < 4.78 is 5.75. The fourth-order valence-electron chi connectivity index (χ4n) is 3.72. The Morgan fingerprint density at radius 1 is 1.00 bits per heavy atom. The maximum absolute atomic E-state index is 13.1. The van der Waals surface area contributed by atoms with Gasteiger partial charge in [-0.05, 0) is 61.7 Å². The fourth-order valence-corrected chi connectivity index (χ4v) is 3.72. The highest BCUT2D eigenvalue weighted by Crippen LogP contribution is 2.32. The number of nitrogens with zero attached hydrogens (tertiary/aromatic N) is 2. The molecule has 0 unspecified atom stereocenters. The van der Waals surface area contributed by atoms with Crippen molar-refractivity contribution < 1.29 is 14.3 Å². The molecule has 2 aromatic rings. The second-order valence-corrected chi connectivity index (χ2v) is 8.33. The molecule has 1 heterocycles. The monoisotopic (exact) mass is 447 g/mol. The van der Waals surface area contributed by atoms with E-state index >= 15 is 0 Å². The number of carbonyl (C=O) groups excluding carboxylic acids is 2. The van der Waals surface area contributed by atoms with Gasteiger partial charge in [0.1, 0.15) is 11.4 Å². The normalized spacial score (nSPS) is 13.7. The first-order valence-electron chi connectivity index (χ1n) is 11.5. The van der Waals surface area contributed by atoms with E-state index in [1.807, 2.05) is 48.5 Å². The Hall–Kier alpha value is -3.54. The number of amides is 2. The van der Waals surface area contributed by atoms with E-state index in [9.17, 15) is 9.59 Å². The molecule has 0 bridgehead atoms. The molecular formula is C27H33N3O3. The Bertz CT molecular complexity index is 1020. The lowest BCUT2D eigenvalue weighted by Gasteiger charge is -2.21. The van der Waals surface area contributed by atoms with Crippen LogP contribution in [-0.2, 0) is 9.59 Å².